The van der Waals surface area contributed by atoms with Crippen molar-refractivity contribution in [3.8, 4) is 0 Å². The second kappa shape index (κ2) is 7.05. The van der Waals surface area contributed by atoms with Crippen LogP contribution < -0.4 is 5.73 Å². The predicted octanol–water partition coefficient (Wildman–Crippen LogP) is 3.15. The molecule has 0 amide bonds. The highest BCUT2D eigenvalue weighted by Gasteiger charge is 2.25. The first kappa shape index (κ1) is 13.7. The third kappa shape index (κ3) is 4.25. The van der Waals surface area contributed by atoms with Gasteiger partial charge in [-0.2, -0.15) is 0 Å². The van der Waals surface area contributed by atoms with E-state index in [9.17, 15) is 4.79 Å². The first-order chi connectivity index (χ1) is 7.67. The van der Waals surface area contributed by atoms with E-state index < -0.39 is 0 Å². The lowest BCUT2D eigenvalue weighted by molar-refractivity contribution is -0.125. The summed E-state index contributed by atoms with van der Waals surface area (Å²) in [6, 6.07) is 0. The van der Waals surface area contributed by atoms with Crippen molar-refractivity contribution in [1.29, 1.82) is 0 Å². The van der Waals surface area contributed by atoms with Gasteiger partial charge < -0.3 is 5.73 Å². The Bertz CT molecular complexity index is 207. The molecule has 0 unspecified atom stereocenters. The number of rotatable bonds is 6. The zero-order chi connectivity index (χ0) is 12.0. The molecule has 0 radical (unpaired) electrons. The third-order valence-electron chi connectivity index (χ3n) is 4.11. The van der Waals surface area contributed by atoms with E-state index in [1.54, 1.807) is 0 Å². The molecule has 0 aromatic carbocycles. The number of Topliss-reactive ketones (excluding diaryl/α,β-unsaturated/α-hetero) is 1. The smallest absolute Gasteiger partial charge is 0.136 e. The molecule has 0 aromatic heterocycles. The van der Waals surface area contributed by atoms with Gasteiger partial charge in [0.1, 0.15) is 5.78 Å². The van der Waals surface area contributed by atoms with Crippen LogP contribution in [0.15, 0.2) is 0 Å². The summed E-state index contributed by atoms with van der Waals surface area (Å²) in [6.07, 6.45) is 7.59. The van der Waals surface area contributed by atoms with Gasteiger partial charge >= 0.3 is 0 Å². The first-order valence-electron chi connectivity index (χ1n) is 6.90. The van der Waals surface area contributed by atoms with Crippen LogP contribution in [0.3, 0.4) is 0 Å². The van der Waals surface area contributed by atoms with Crippen molar-refractivity contribution < 1.29 is 4.79 Å². The summed E-state index contributed by atoms with van der Waals surface area (Å²) in [5, 5.41) is 0. The SMILES string of the molecule is CC[C@@H](CCN)CC(=O)C1CCC(C)CC1. The molecule has 0 aromatic rings. The fourth-order valence-corrected chi connectivity index (χ4v) is 2.72. The monoisotopic (exact) mass is 225 g/mol. The minimum atomic E-state index is 0.364. The second-order valence-electron chi connectivity index (χ2n) is 5.48. The Kier molecular flexibility index (Phi) is 6.04. The maximum atomic E-state index is 12.1. The van der Waals surface area contributed by atoms with Crippen molar-refractivity contribution >= 4 is 5.78 Å². The zero-order valence-electron chi connectivity index (χ0n) is 10.9. The maximum Gasteiger partial charge on any atom is 0.136 e. The average molecular weight is 225 g/mol. The Balaban J connectivity index is 2.33. The fourth-order valence-electron chi connectivity index (χ4n) is 2.72. The summed E-state index contributed by atoms with van der Waals surface area (Å²) in [5.74, 6) is 2.22. The van der Waals surface area contributed by atoms with Gasteiger partial charge in [0.2, 0.25) is 0 Å². The molecule has 0 spiro atoms. The number of carbonyl (C=O) groups excluding carboxylic acids is 1. The summed E-state index contributed by atoms with van der Waals surface area (Å²) in [4.78, 5) is 12.1. The molecule has 0 saturated heterocycles. The summed E-state index contributed by atoms with van der Waals surface area (Å²) in [6.45, 7) is 5.17. The first-order valence-corrected chi connectivity index (χ1v) is 6.90. The molecule has 0 aliphatic heterocycles. The Hall–Kier alpha value is -0.370. The molecule has 0 bridgehead atoms. The standard InChI is InChI=1S/C14H27NO/c1-3-12(8-9-15)10-14(16)13-6-4-11(2)5-7-13/h11-13H,3-10,15H2,1-2H3/t11?,12-,13?/m0/s1. The van der Waals surface area contributed by atoms with Crippen molar-refractivity contribution in [2.24, 2.45) is 23.5 Å². The summed E-state index contributed by atoms with van der Waals surface area (Å²) in [5.41, 5.74) is 5.57. The Morgan fingerprint density at radius 1 is 1.31 bits per heavy atom. The van der Waals surface area contributed by atoms with E-state index in [-0.39, 0.29) is 0 Å². The molecule has 1 aliphatic rings. The molecule has 2 N–H and O–H groups in total. The topological polar surface area (TPSA) is 43.1 Å². The van der Waals surface area contributed by atoms with Crippen LogP contribution in [0.2, 0.25) is 0 Å². The number of nitrogens with two attached hydrogens (primary N) is 1. The van der Waals surface area contributed by atoms with Gasteiger partial charge in [-0.05, 0) is 37.6 Å². The quantitative estimate of drug-likeness (QED) is 0.754. The number of hydrogen-bond acceptors (Lipinski definition) is 2. The molecule has 1 rings (SSSR count). The van der Waals surface area contributed by atoms with E-state index in [0.29, 0.717) is 24.2 Å². The van der Waals surface area contributed by atoms with Gasteiger partial charge in [-0.25, -0.2) is 0 Å². The maximum absolute atomic E-state index is 12.1. The van der Waals surface area contributed by atoms with E-state index in [4.69, 9.17) is 5.73 Å². The lowest BCUT2D eigenvalue weighted by Crippen LogP contribution is -2.23. The van der Waals surface area contributed by atoms with Crippen LogP contribution >= 0.6 is 0 Å². The molecule has 1 aliphatic carbocycles. The van der Waals surface area contributed by atoms with Gasteiger partial charge in [-0.1, -0.05) is 33.1 Å². The molecule has 94 valence electrons. The number of carbonyl (C=O) groups is 1. The van der Waals surface area contributed by atoms with E-state index in [1.807, 2.05) is 0 Å². The normalized spacial score (nSPS) is 27.7. The minimum Gasteiger partial charge on any atom is -0.330 e. The summed E-state index contributed by atoms with van der Waals surface area (Å²) in [7, 11) is 0. The second-order valence-corrected chi connectivity index (χ2v) is 5.48. The molecule has 2 nitrogen and oxygen atoms in total. The van der Waals surface area contributed by atoms with Crippen molar-refractivity contribution in [3.05, 3.63) is 0 Å². The average Bonchev–Trinajstić information content (AvgIpc) is 2.29. The van der Waals surface area contributed by atoms with Crippen LogP contribution in [-0.4, -0.2) is 12.3 Å². The third-order valence-corrected chi connectivity index (χ3v) is 4.11. The lowest BCUT2D eigenvalue weighted by atomic mass is 9.78. The van der Waals surface area contributed by atoms with Crippen molar-refractivity contribution in [3.63, 3.8) is 0 Å². The Labute approximate surface area is 100.0 Å². The largest absolute Gasteiger partial charge is 0.330 e. The molecule has 0 heterocycles. The van der Waals surface area contributed by atoms with Crippen LogP contribution in [0.25, 0.3) is 0 Å². The highest BCUT2D eigenvalue weighted by molar-refractivity contribution is 5.81. The van der Waals surface area contributed by atoms with E-state index >= 15 is 0 Å². The van der Waals surface area contributed by atoms with Crippen molar-refractivity contribution in [2.75, 3.05) is 6.54 Å². The molecule has 16 heavy (non-hydrogen) atoms. The molecule has 1 saturated carbocycles. The molecule has 1 fully saturated rings. The van der Waals surface area contributed by atoms with Gasteiger partial charge in [-0.3, -0.25) is 4.79 Å². The van der Waals surface area contributed by atoms with Crippen LogP contribution in [0.5, 0.6) is 0 Å². The Morgan fingerprint density at radius 3 is 2.44 bits per heavy atom. The van der Waals surface area contributed by atoms with Crippen LogP contribution in [0.4, 0.5) is 0 Å². The molecular weight excluding hydrogens is 198 g/mol. The minimum absolute atomic E-state index is 0.364. The van der Waals surface area contributed by atoms with Gasteiger partial charge in [0.05, 0.1) is 0 Å². The van der Waals surface area contributed by atoms with Crippen LogP contribution in [0, 0.1) is 17.8 Å². The fraction of sp³-hybridized carbons (Fsp3) is 0.929. The highest BCUT2D eigenvalue weighted by Crippen LogP contribution is 2.30. The molecule has 1 atom stereocenters. The van der Waals surface area contributed by atoms with Gasteiger partial charge in [0.25, 0.3) is 0 Å². The molecule has 2 heteroatoms. The van der Waals surface area contributed by atoms with E-state index in [1.165, 1.54) is 12.8 Å². The number of hydrogen-bond donors (Lipinski definition) is 1. The predicted molar refractivity (Wildman–Crippen MR) is 68.2 cm³/mol. The van der Waals surface area contributed by atoms with Gasteiger partial charge in [-0.15, -0.1) is 0 Å². The Morgan fingerprint density at radius 2 is 1.94 bits per heavy atom. The van der Waals surface area contributed by atoms with E-state index in [2.05, 4.69) is 13.8 Å². The molecular formula is C14H27NO. The lowest BCUT2D eigenvalue weighted by Gasteiger charge is -2.26. The summed E-state index contributed by atoms with van der Waals surface area (Å²) >= 11 is 0. The van der Waals surface area contributed by atoms with Crippen LogP contribution in [0.1, 0.15) is 58.8 Å². The number of ketones is 1. The van der Waals surface area contributed by atoms with Gasteiger partial charge in [0, 0.05) is 12.3 Å². The van der Waals surface area contributed by atoms with Crippen molar-refractivity contribution in [2.45, 2.75) is 58.8 Å². The van der Waals surface area contributed by atoms with Crippen molar-refractivity contribution in [1.82, 2.24) is 0 Å². The highest BCUT2D eigenvalue weighted by atomic mass is 16.1. The van der Waals surface area contributed by atoms with Crippen LogP contribution in [-0.2, 0) is 4.79 Å². The summed E-state index contributed by atoms with van der Waals surface area (Å²) < 4.78 is 0. The van der Waals surface area contributed by atoms with E-state index in [0.717, 1.165) is 38.0 Å². The zero-order valence-corrected chi connectivity index (χ0v) is 10.9. The van der Waals surface area contributed by atoms with Gasteiger partial charge in [0.15, 0.2) is 0 Å².